The first-order valence-corrected chi connectivity index (χ1v) is 1.39. The van der Waals surface area contributed by atoms with Crippen molar-refractivity contribution in [3.63, 3.8) is 0 Å². The van der Waals surface area contributed by atoms with Crippen molar-refractivity contribution in [1.29, 1.82) is 0 Å². The molecule has 0 unspecified atom stereocenters. The molecule has 0 N–H and O–H groups in total. The fourth-order valence-corrected chi connectivity index (χ4v) is 0. The van der Waals surface area contributed by atoms with Gasteiger partial charge in [-0.15, -0.1) is 0 Å². The molecule has 0 aliphatic rings. The van der Waals surface area contributed by atoms with E-state index in [0.29, 0.717) is 0 Å². The zero-order valence-electron chi connectivity index (χ0n) is 4.60. The summed E-state index contributed by atoms with van der Waals surface area (Å²) in [4.78, 5) is 0. The van der Waals surface area contributed by atoms with Crippen LogP contribution in [0.4, 0.5) is 0 Å². The molecule has 0 radical (unpaired) electrons. The van der Waals surface area contributed by atoms with Crippen LogP contribution in [0.5, 0.6) is 0 Å². The van der Waals surface area contributed by atoms with Crippen LogP contribution in [0.3, 0.4) is 0 Å². The van der Waals surface area contributed by atoms with E-state index in [1.807, 2.05) is 0 Å². The molecule has 0 aliphatic carbocycles. The summed E-state index contributed by atoms with van der Waals surface area (Å²) in [6, 6.07) is 0. The summed E-state index contributed by atoms with van der Waals surface area (Å²) in [6.07, 6.45) is 0. The minimum Gasteiger partial charge on any atom is -1.00 e. The molecule has 0 heterocycles. The average Bonchev–Trinajstić information content (AvgIpc) is 0.811. The van der Waals surface area contributed by atoms with E-state index in [0.717, 1.165) is 0 Å². The minimum atomic E-state index is -2.85. The van der Waals surface area contributed by atoms with Crippen LogP contribution in [0.25, 0.3) is 0 Å². The summed E-state index contributed by atoms with van der Waals surface area (Å²) in [5.41, 5.74) is 0. The van der Waals surface area contributed by atoms with E-state index < -0.39 is 10.8 Å². The zero-order chi connectivity index (χ0) is 3.58. The van der Waals surface area contributed by atoms with Crippen LogP contribution in [0.2, 0.25) is 0 Å². The molecule has 0 atom stereocenters. The van der Waals surface area contributed by atoms with Crippen molar-refractivity contribution in [3.8, 4) is 0 Å². The molecule has 0 spiro atoms. The molecule has 6 heavy (non-hydrogen) atoms. The van der Waals surface area contributed by atoms with Gasteiger partial charge in [0.2, 0.25) is 0 Å². The first-order valence-electron chi connectivity index (χ1n) is 0.463. The Balaban J connectivity index is -0.0000000150. The third-order valence-electron chi connectivity index (χ3n) is 0. The predicted molar refractivity (Wildman–Crippen MR) is 1.11 cm³/mol. The fourth-order valence-electron chi connectivity index (χ4n) is 0. The average molecular weight is 130 g/mol. The summed E-state index contributed by atoms with van der Waals surface area (Å²) in [7, 11) is -2.85. The molecule has 0 fully saturated rings. The first kappa shape index (κ1) is 15.7. The standard InChI is InChI=1S/ClO3.2Na.H/c2-1(3)4;;;/q-1;2*+1;-1. The van der Waals surface area contributed by atoms with Crippen LogP contribution in [-0.4, -0.2) is 0 Å². The summed E-state index contributed by atoms with van der Waals surface area (Å²) in [5.74, 6) is 0. The second-order valence-corrected chi connectivity index (χ2v) is 0.567. The molecule has 0 bridgehead atoms. The molecule has 0 saturated carbocycles. The van der Waals surface area contributed by atoms with E-state index in [1.165, 1.54) is 0 Å². The molecule has 0 saturated heterocycles. The Morgan fingerprint density at radius 2 is 1.00 bits per heavy atom. The summed E-state index contributed by atoms with van der Waals surface area (Å²) in [5, 5.41) is 0. The van der Waals surface area contributed by atoms with Gasteiger partial charge >= 0.3 is 59.1 Å². The Bertz CT molecular complexity index is 17.7. The molecule has 6 heteroatoms. The fraction of sp³-hybridized carbons (Fsp3) is 0. The molecular weight excluding hydrogens is 129 g/mol. The number of rotatable bonds is 0. The van der Waals surface area contributed by atoms with Gasteiger partial charge in [-0.1, -0.05) is 0 Å². The van der Waals surface area contributed by atoms with Gasteiger partial charge in [-0.3, -0.25) is 0 Å². The number of hydrogen-bond donors (Lipinski definition) is 0. The van der Waals surface area contributed by atoms with E-state index in [9.17, 15) is 0 Å². The summed E-state index contributed by atoms with van der Waals surface area (Å²) >= 11 is 0. The maximum atomic E-state index is 8.41. The molecule has 3 nitrogen and oxygen atoms in total. The minimum absolute atomic E-state index is 0. The maximum absolute atomic E-state index is 8.41. The van der Waals surface area contributed by atoms with E-state index in [2.05, 4.69) is 0 Å². The van der Waals surface area contributed by atoms with Crippen molar-refractivity contribution in [3.05, 3.63) is 0 Å². The second kappa shape index (κ2) is 10.2. The molecule has 0 aromatic heterocycles. The van der Waals surface area contributed by atoms with Crippen LogP contribution < -0.4 is 73.1 Å². The molecule has 0 rings (SSSR count). The Morgan fingerprint density at radius 3 is 1.00 bits per heavy atom. The summed E-state index contributed by atoms with van der Waals surface area (Å²) < 4.78 is 25.2. The number of hydrogen-bond acceptors (Lipinski definition) is 3. The SMILES string of the molecule is [H-].[Na+].[Na+].[O-][Cl+2]([O-])[O-]. The Morgan fingerprint density at radius 1 is 1.00 bits per heavy atom. The van der Waals surface area contributed by atoms with Gasteiger partial charge in [-0.25, -0.2) is 0 Å². The van der Waals surface area contributed by atoms with Crippen molar-refractivity contribution in [2.24, 2.45) is 0 Å². The van der Waals surface area contributed by atoms with Crippen LogP contribution in [0.1, 0.15) is 1.43 Å². The van der Waals surface area contributed by atoms with Crippen molar-refractivity contribution in [2.45, 2.75) is 0 Å². The third-order valence-corrected chi connectivity index (χ3v) is 0. The molecule has 0 amide bonds. The van der Waals surface area contributed by atoms with E-state index in [4.69, 9.17) is 14.0 Å². The van der Waals surface area contributed by atoms with Crippen LogP contribution in [-0.2, 0) is 0 Å². The van der Waals surface area contributed by atoms with E-state index in [-0.39, 0.29) is 60.5 Å². The molecule has 28 valence electrons. The van der Waals surface area contributed by atoms with Crippen LogP contribution in [0, 0.1) is 10.8 Å². The zero-order valence-corrected chi connectivity index (χ0v) is 8.36. The molecule has 0 aromatic carbocycles. The smallest absolute Gasteiger partial charge is 1.00 e. The van der Waals surface area contributed by atoms with Gasteiger partial charge in [0.05, 0.1) is 10.8 Å². The predicted octanol–water partition coefficient (Wildman–Crippen LogP) is -9.45. The van der Waals surface area contributed by atoms with Crippen molar-refractivity contribution >= 4 is 0 Å². The topological polar surface area (TPSA) is 69.2 Å². The Hall–Kier alpha value is 2.17. The monoisotopic (exact) mass is 130 g/mol. The Labute approximate surface area is 84.2 Å². The second-order valence-electron chi connectivity index (χ2n) is 0.189. The normalized spacial score (nSPS) is 6.00. The molecule has 0 aromatic rings. The van der Waals surface area contributed by atoms with Crippen LogP contribution in [0.15, 0.2) is 0 Å². The third kappa shape index (κ3) is 35.0. The quantitative estimate of drug-likeness (QED) is 0.306. The van der Waals surface area contributed by atoms with Gasteiger partial charge in [-0.05, 0) is 0 Å². The largest absolute Gasteiger partial charge is 1.00 e. The maximum Gasteiger partial charge on any atom is 1.00 e. The first-order chi connectivity index (χ1) is 1.73. The molecule has 0 aliphatic heterocycles. The van der Waals surface area contributed by atoms with Gasteiger partial charge in [0.15, 0.2) is 0 Å². The number of halogens is 1. The Kier molecular flexibility index (Phi) is 26.7. The van der Waals surface area contributed by atoms with Gasteiger partial charge in [0.25, 0.3) is 0 Å². The van der Waals surface area contributed by atoms with Crippen molar-refractivity contribution in [2.75, 3.05) is 0 Å². The van der Waals surface area contributed by atoms with Crippen LogP contribution >= 0.6 is 0 Å². The van der Waals surface area contributed by atoms with E-state index >= 15 is 0 Å². The van der Waals surface area contributed by atoms with Gasteiger partial charge in [0.1, 0.15) is 0 Å². The molecular formula is HClNa2O3. The van der Waals surface area contributed by atoms with Crippen molar-refractivity contribution < 1.29 is 85.3 Å². The van der Waals surface area contributed by atoms with Crippen molar-refractivity contribution in [1.82, 2.24) is 0 Å². The van der Waals surface area contributed by atoms with E-state index in [1.54, 1.807) is 0 Å². The van der Waals surface area contributed by atoms with Gasteiger partial charge in [-0.2, -0.15) is 0 Å². The van der Waals surface area contributed by atoms with Gasteiger partial charge in [0, 0.05) is 0 Å². The van der Waals surface area contributed by atoms with Gasteiger partial charge < -0.3 is 15.4 Å². The summed E-state index contributed by atoms with van der Waals surface area (Å²) in [6.45, 7) is 0.